The van der Waals surface area contributed by atoms with Crippen LogP contribution in [-0.4, -0.2) is 140 Å². The lowest BCUT2D eigenvalue weighted by Crippen LogP contribution is -2.41. The van der Waals surface area contributed by atoms with E-state index in [4.69, 9.17) is 18.9 Å². The molecule has 0 radical (unpaired) electrons. The minimum Gasteiger partial charge on any atom is -0.385 e. The van der Waals surface area contributed by atoms with Crippen LogP contribution in [0.4, 0.5) is 0 Å². The fourth-order valence-corrected chi connectivity index (χ4v) is 9.13. The van der Waals surface area contributed by atoms with Gasteiger partial charge in [0.05, 0.1) is 0 Å². The van der Waals surface area contributed by atoms with Crippen LogP contribution >= 0.6 is 0 Å². The molecule has 1 fully saturated rings. The quantitative estimate of drug-likeness (QED) is 0.0606. The van der Waals surface area contributed by atoms with Gasteiger partial charge in [-0.2, -0.15) is 0 Å². The molecule has 420 valence electrons. The van der Waals surface area contributed by atoms with Crippen LogP contribution in [0.15, 0.2) is 0 Å². The van der Waals surface area contributed by atoms with Crippen LogP contribution in [0, 0.1) is 0 Å². The smallest absolute Gasteiger partial charge is 0.0462 e. The van der Waals surface area contributed by atoms with Gasteiger partial charge in [-0.05, 0) is 165 Å². The first kappa shape index (κ1) is 72.9. The van der Waals surface area contributed by atoms with E-state index < -0.39 is 0 Å². The molecule has 0 bridgehead atoms. The summed E-state index contributed by atoms with van der Waals surface area (Å²) in [5.41, 5.74) is 0.606. The zero-order valence-electron chi connectivity index (χ0n) is 50.0. The summed E-state index contributed by atoms with van der Waals surface area (Å²) in [5.74, 6) is 0. The molecule has 1 aliphatic heterocycles. The minimum atomic E-state index is 0.278. The molecule has 0 spiro atoms. The predicted molar refractivity (Wildman–Crippen MR) is 309 cm³/mol. The van der Waals surface area contributed by atoms with E-state index in [1.165, 1.54) is 264 Å². The SMILES string of the molecule is CCN(CC)CCCCCCCCCOC.CCN(CCCCCCCCCOC)C(C)(C)C.COCCCCCCCCCCCN1CCCCC1.COCCCCCCCCCNC(C)(C)C. The molecule has 1 aliphatic rings. The van der Waals surface area contributed by atoms with E-state index in [0.717, 1.165) is 33.0 Å². The first-order valence-electron chi connectivity index (χ1n) is 30.3. The maximum Gasteiger partial charge on any atom is 0.0462 e. The Morgan fingerprint density at radius 3 is 1.01 bits per heavy atom. The molecule has 0 aromatic carbocycles. The summed E-state index contributed by atoms with van der Waals surface area (Å²) in [5, 5.41) is 3.52. The lowest BCUT2D eigenvalue weighted by Gasteiger charge is -2.34. The average Bonchev–Trinajstić information content (AvgIpc) is 3.33. The van der Waals surface area contributed by atoms with Crippen molar-refractivity contribution >= 4 is 0 Å². The number of nitrogens with zero attached hydrogens (tertiary/aromatic N) is 3. The third kappa shape index (κ3) is 63.7. The Morgan fingerprint density at radius 2 is 0.696 bits per heavy atom. The summed E-state index contributed by atoms with van der Waals surface area (Å²) in [4.78, 5) is 7.75. The molecule has 0 aromatic rings. The molecular weight excluding hydrogens is 853 g/mol. The van der Waals surface area contributed by atoms with Crippen LogP contribution in [0.2, 0.25) is 0 Å². The molecule has 0 aliphatic carbocycles. The van der Waals surface area contributed by atoms with E-state index in [2.05, 4.69) is 82.3 Å². The Morgan fingerprint density at radius 1 is 0.377 bits per heavy atom. The summed E-state index contributed by atoms with van der Waals surface area (Å²) in [7, 11) is 7.15. The number of likely N-dealkylation sites (tertiary alicyclic amines) is 1. The highest BCUT2D eigenvalue weighted by molar-refractivity contribution is 4.75. The summed E-state index contributed by atoms with van der Waals surface area (Å²) >= 11 is 0. The van der Waals surface area contributed by atoms with E-state index in [0.29, 0.717) is 5.54 Å². The molecule has 8 heteroatoms. The second-order valence-corrected chi connectivity index (χ2v) is 22.4. The van der Waals surface area contributed by atoms with Crippen LogP contribution in [0.1, 0.15) is 274 Å². The number of nitrogens with one attached hydrogen (secondary N) is 1. The van der Waals surface area contributed by atoms with E-state index in [1.807, 2.05) is 0 Å². The monoisotopic (exact) mass is 985 g/mol. The molecule has 1 saturated heterocycles. The summed E-state index contributed by atoms with van der Waals surface area (Å²) in [6, 6.07) is 0. The fraction of sp³-hybridized carbons (Fsp3) is 1.00. The van der Waals surface area contributed by atoms with Crippen LogP contribution in [0.5, 0.6) is 0 Å². The lowest BCUT2D eigenvalue weighted by atomic mass is 10.0. The number of hydrogen-bond donors (Lipinski definition) is 1. The number of unbranched alkanes of at least 4 members (excludes halogenated alkanes) is 26. The molecule has 1 heterocycles. The predicted octanol–water partition coefficient (Wildman–Crippen LogP) is 16.6. The van der Waals surface area contributed by atoms with Gasteiger partial charge in [0.25, 0.3) is 0 Å². The van der Waals surface area contributed by atoms with Gasteiger partial charge in [-0.1, -0.05) is 168 Å². The fourth-order valence-electron chi connectivity index (χ4n) is 9.13. The highest BCUT2D eigenvalue weighted by Crippen LogP contribution is 2.16. The van der Waals surface area contributed by atoms with Crippen LogP contribution in [0.25, 0.3) is 0 Å². The first-order chi connectivity index (χ1) is 33.4. The Hall–Kier alpha value is -0.320. The number of rotatable bonds is 45. The molecule has 69 heavy (non-hydrogen) atoms. The number of methoxy groups -OCH3 is 4. The average molecular weight is 986 g/mol. The molecule has 0 atom stereocenters. The maximum absolute atomic E-state index is 5.06. The van der Waals surface area contributed by atoms with Crippen LogP contribution < -0.4 is 5.32 Å². The largest absolute Gasteiger partial charge is 0.385 e. The molecule has 0 amide bonds. The van der Waals surface area contributed by atoms with Crippen molar-refractivity contribution in [1.82, 2.24) is 20.0 Å². The van der Waals surface area contributed by atoms with Crippen molar-refractivity contribution in [3.63, 3.8) is 0 Å². The second kappa shape index (κ2) is 58.6. The van der Waals surface area contributed by atoms with Gasteiger partial charge >= 0.3 is 0 Å². The maximum atomic E-state index is 5.06. The van der Waals surface area contributed by atoms with Gasteiger partial charge in [0, 0.05) is 65.9 Å². The van der Waals surface area contributed by atoms with Gasteiger partial charge in [-0.3, -0.25) is 4.90 Å². The van der Waals surface area contributed by atoms with E-state index in [9.17, 15) is 0 Å². The van der Waals surface area contributed by atoms with E-state index >= 15 is 0 Å². The van der Waals surface area contributed by atoms with Gasteiger partial charge in [-0.15, -0.1) is 0 Å². The lowest BCUT2D eigenvalue weighted by molar-refractivity contribution is 0.141. The first-order valence-corrected chi connectivity index (χ1v) is 30.3. The normalized spacial score (nSPS) is 13.3. The Bertz CT molecular complexity index is 903. The van der Waals surface area contributed by atoms with Gasteiger partial charge in [0.2, 0.25) is 0 Å². The molecule has 0 saturated carbocycles. The minimum absolute atomic E-state index is 0.278. The molecular formula is C61H132N4O4. The highest BCUT2D eigenvalue weighted by atomic mass is 16.5. The van der Waals surface area contributed by atoms with Gasteiger partial charge in [-0.25, -0.2) is 0 Å². The number of piperidine rings is 1. The topological polar surface area (TPSA) is 58.7 Å². The second-order valence-electron chi connectivity index (χ2n) is 22.4. The standard InChI is InChI=1S/C17H35NO.C16H35NO.2C14H31NO/c1-19-17-13-8-6-4-2-3-5-7-10-14-18-15-11-9-12-16-18;1-6-17(16(2,3)4)14-12-10-8-7-9-11-13-15-18-5;1-14(2,3)15-12-10-8-6-5-7-9-11-13-16-4;1-4-15(5-2)13-11-9-7-6-8-10-12-14-16-3/h2-17H2,1H3;6-15H2,1-5H3;15H,5-13H2,1-4H3;4-14H2,1-3H3. The summed E-state index contributed by atoms with van der Waals surface area (Å²) in [6.07, 6.45) is 45.3. The zero-order valence-corrected chi connectivity index (χ0v) is 50.0. The van der Waals surface area contributed by atoms with Crippen LogP contribution in [0.3, 0.4) is 0 Å². The van der Waals surface area contributed by atoms with Gasteiger partial charge in [0.1, 0.15) is 0 Å². The molecule has 0 unspecified atom stereocenters. The third-order valence-electron chi connectivity index (χ3n) is 13.8. The summed E-state index contributed by atoms with van der Waals surface area (Å²) < 4.78 is 20.2. The van der Waals surface area contributed by atoms with Gasteiger partial charge < -0.3 is 34.1 Å². The summed E-state index contributed by atoms with van der Waals surface area (Å²) in [6.45, 7) is 35.5. The van der Waals surface area contributed by atoms with Crippen molar-refractivity contribution in [2.24, 2.45) is 0 Å². The van der Waals surface area contributed by atoms with Gasteiger partial charge in [0.15, 0.2) is 0 Å². The Labute approximate surface area is 436 Å². The third-order valence-corrected chi connectivity index (χ3v) is 13.8. The zero-order chi connectivity index (χ0) is 51.8. The van der Waals surface area contributed by atoms with Crippen molar-refractivity contribution in [2.45, 2.75) is 285 Å². The molecule has 0 aromatic heterocycles. The van der Waals surface area contributed by atoms with Crippen molar-refractivity contribution in [2.75, 3.05) is 114 Å². The van der Waals surface area contributed by atoms with Crippen LogP contribution in [-0.2, 0) is 18.9 Å². The number of hydrogen-bond acceptors (Lipinski definition) is 8. The molecule has 8 nitrogen and oxygen atoms in total. The highest BCUT2D eigenvalue weighted by Gasteiger charge is 2.18. The molecule has 1 rings (SSSR count). The van der Waals surface area contributed by atoms with Crippen molar-refractivity contribution < 1.29 is 18.9 Å². The van der Waals surface area contributed by atoms with E-state index in [1.54, 1.807) is 28.4 Å². The van der Waals surface area contributed by atoms with E-state index in [-0.39, 0.29) is 5.54 Å². The van der Waals surface area contributed by atoms with Crippen molar-refractivity contribution in [3.8, 4) is 0 Å². The Kier molecular flexibility index (Phi) is 61.9. The van der Waals surface area contributed by atoms with Crippen molar-refractivity contribution in [3.05, 3.63) is 0 Å². The Balaban J connectivity index is -0.000000844. The number of ether oxygens (including phenoxy) is 4. The molecule has 1 N–H and O–H groups in total. The van der Waals surface area contributed by atoms with Crippen molar-refractivity contribution in [1.29, 1.82) is 0 Å².